The van der Waals surface area contributed by atoms with Gasteiger partial charge in [0.2, 0.25) is 5.91 Å². The molecule has 0 saturated carbocycles. The van der Waals surface area contributed by atoms with Gasteiger partial charge >= 0.3 is 0 Å². The van der Waals surface area contributed by atoms with E-state index in [9.17, 15) is 9.18 Å². The normalized spacial score (nSPS) is 10.8. The monoisotopic (exact) mass is 407 g/mol. The lowest BCUT2D eigenvalue weighted by molar-refractivity contribution is -0.121. The van der Waals surface area contributed by atoms with E-state index >= 15 is 0 Å². The average Bonchev–Trinajstić information content (AvgIpc) is 3.41. The highest BCUT2D eigenvalue weighted by atomic mass is 32.1. The number of rotatable bonds is 7. The Morgan fingerprint density at radius 1 is 1.10 bits per heavy atom. The molecule has 0 aliphatic carbocycles. The van der Waals surface area contributed by atoms with E-state index in [0.29, 0.717) is 30.2 Å². The molecule has 5 nitrogen and oxygen atoms in total. The first kappa shape index (κ1) is 19.0. The summed E-state index contributed by atoms with van der Waals surface area (Å²) in [6.07, 6.45) is 2.05. The Bertz CT molecular complexity index is 1110. The summed E-state index contributed by atoms with van der Waals surface area (Å²) in [5, 5.41) is 5.73. The highest BCUT2D eigenvalue weighted by Gasteiger charge is 2.12. The predicted molar refractivity (Wildman–Crippen MR) is 110 cm³/mol. The molecule has 0 saturated heterocycles. The van der Waals surface area contributed by atoms with Crippen molar-refractivity contribution in [3.63, 3.8) is 0 Å². The minimum atomic E-state index is -0.369. The summed E-state index contributed by atoms with van der Waals surface area (Å²) in [4.78, 5) is 20.8. The number of hydrogen-bond acceptors (Lipinski definition) is 5. The number of oxazole rings is 1. The molecule has 7 heteroatoms. The zero-order valence-electron chi connectivity index (χ0n) is 15.5. The van der Waals surface area contributed by atoms with Crippen molar-refractivity contribution >= 4 is 17.2 Å². The van der Waals surface area contributed by atoms with E-state index in [4.69, 9.17) is 4.42 Å². The van der Waals surface area contributed by atoms with Crippen LogP contribution < -0.4 is 5.32 Å². The van der Waals surface area contributed by atoms with Crippen LogP contribution in [0, 0.1) is 5.82 Å². The van der Waals surface area contributed by atoms with Crippen LogP contribution in [0.2, 0.25) is 0 Å². The van der Waals surface area contributed by atoms with Crippen molar-refractivity contribution in [3.05, 3.63) is 83.6 Å². The molecule has 0 spiro atoms. The van der Waals surface area contributed by atoms with E-state index < -0.39 is 0 Å². The highest BCUT2D eigenvalue weighted by Crippen LogP contribution is 2.24. The van der Waals surface area contributed by atoms with Gasteiger partial charge in [-0.3, -0.25) is 4.79 Å². The first-order valence-electron chi connectivity index (χ1n) is 9.15. The van der Waals surface area contributed by atoms with Gasteiger partial charge in [0.15, 0.2) is 11.7 Å². The second-order valence-corrected chi connectivity index (χ2v) is 7.24. The van der Waals surface area contributed by atoms with Gasteiger partial charge < -0.3 is 9.73 Å². The number of nitrogens with one attached hydrogen (secondary N) is 1. The minimum absolute atomic E-state index is 0.120. The van der Waals surface area contributed by atoms with Crippen LogP contribution in [0.4, 0.5) is 4.39 Å². The Morgan fingerprint density at radius 2 is 1.90 bits per heavy atom. The van der Waals surface area contributed by atoms with E-state index in [1.54, 1.807) is 29.5 Å². The number of amides is 1. The fourth-order valence-electron chi connectivity index (χ4n) is 2.81. The van der Waals surface area contributed by atoms with E-state index in [1.807, 2.05) is 35.7 Å². The second kappa shape index (κ2) is 8.79. The Morgan fingerprint density at radius 3 is 2.72 bits per heavy atom. The molecule has 0 unspecified atom stereocenters. The lowest BCUT2D eigenvalue weighted by Gasteiger charge is -2.02. The molecule has 2 aromatic carbocycles. The topological polar surface area (TPSA) is 68.0 Å². The van der Waals surface area contributed by atoms with Crippen LogP contribution in [-0.2, 0) is 17.8 Å². The largest absolute Gasteiger partial charge is 0.441 e. The lowest BCUT2D eigenvalue weighted by Crippen LogP contribution is -2.23. The maximum absolute atomic E-state index is 13.8. The molecular weight excluding hydrogens is 389 g/mol. The van der Waals surface area contributed by atoms with E-state index in [1.165, 1.54) is 12.3 Å². The third-order valence-electron chi connectivity index (χ3n) is 4.30. The van der Waals surface area contributed by atoms with Gasteiger partial charge in [0, 0.05) is 23.8 Å². The second-order valence-electron chi connectivity index (χ2n) is 6.38. The number of nitrogens with zero attached hydrogens (tertiary/aromatic N) is 2. The van der Waals surface area contributed by atoms with Gasteiger partial charge in [-0.1, -0.05) is 42.5 Å². The fourth-order valence-corrected chi connectivity index (χ4v) is 3.64. The van der Waals surface area contributed by atoms with Crippen molar-refractivity contribution in [1.82, 2.24) is 15.3 Å². The summed E-state index contributed by atoms with van der Waals surface area (Å²) >= 11 is 1.55. The molecule has 0 bridgehead atoms. The molecule has 0 aliphatic rings. The van der Waals surface area contributed by atoms with Crippen molar-refractivity contribution < 1.29 is 13.6 Å². The quantitative estimate of drug-likeness (QED) is 0.475. The molecule has 0 aliphatic heterocycles. The first-order chi connectivity index (χ1) is 14.2. The molecule has 0 atom stereocenters. The lowest BCUT2D eigenvalue weighted by atomic mass is 10.2. The van der Waals surface area contributed by atoms with E-state index in [2.05, 4.69) is 15.3 Å². The summed E-state index contributed by atoms with van der Waals surface area (Å²) < 4.78 is 19.4. The van der Waals surface area contributed by atoms with Gasteiger partial charge in [0.25, 0.3) is 0 Å². The summed E-state index contributed by atoms with van der Waals surface area (Å²) in [6, 6.07) is 16.3. The summed E-state index contributed by atoms with van der Waals surface area (Å²) in [6.45, 7) is 0.369. The molecule has 1 amide bonds. The molecule has 146 valence electrons. The number of carbonyl (C=O) groups is 1. The number of halogens is 1. The molecule has 2 heterocycles. The highest BCUT2D eigenvalue weighted by molar-refractivity contribution is 7.13. The van der Waals surface area contributed by atoms with Crippen LogP contribution in [0.3, 0.4) is 0 Å². The van der Waals surface area contributed by atoms with Crippen molar-refractivity contribution in [2.24, 2.45) is 0 Å². The Hall–Kier alpha value is -3.32. The number of aryl methyl sites for hydroxylation is 1. The van der Waals surface area contributed by atoms with Gasteiger partial charge in [0.05, 0.1) is 24.0 Å². The third-order valence-corrected chi connectivity index (χ3v) is 5.24. The molecule has 4 rings (SSSR count). The minimum Gasteiger partial charge on any atom is -0.441 e. The van der Waals surface area contributed by atoms with Crippen molar-refractivity contribution in [2.45, 2.75) is 19.4 Å². The third kappa shape index (κ3) is 4.75. The van der Waals surface area contributed by atoms with E-state index in [0.717, 1.165) is 16.3 Å². The van der Waals surface area contributed by atoms with Crippen molar-refractivity contribution in [1.29, 1.82) is 0 Å². The van der Waals surface area contributed by atoms with Crippen LogP contribution in [-0.4, -0.2) is 15.9 Å². The van der Waals surface area contributed by atoms with Gasteiger partial charge in [-0.15, -0.1) is 11.3 Å². The maximum atomic E-state index is 13.8. The Kier molecular flexibility index (Phi) is 5.76. The van der Waals surface area contributed by atoms with Crippen LogP contribution in [0.25, 0.3) is 21.9 Å². The number of hydrogen-bond donors (Lipinski definition) is 1. The Labute approximate surface area is 171 Å². The molecule has 2 aromatic heterocycles. The predicted octanol–water partition coefficient (Wildman–Crippen LogP) is 4.85. The van der Waals surface area contributed by atoms with Crippen LogP contribution in [0.5, 0.6) is 0 Å². The first-order valence-corrected chi connectivity index (χ1v) is 10.0. The summed E-state index contributed by atoms with van der Waals surface area (Å²) in [5.74, 6) is 0.267. The van der Waals surface area contributed by atoms with Gasteiger partial charge in [0.1, 0.15) is 10.8 Å². The number of carbonyl (C=O) groups excluding carboxylic acids is 1. The van der Waals surface area contributed by atoms with Gasteiger partial charge in [-0.2, -0.15) is 0 Å². The van der Waals surface area contributed by atoms with Crippen molar-refractivity contribution in [2.75, 3.05) is 0 Å². The fraction of sp³-hybridized carbons (Fsp3) is 0.136. The van der Waals surface area contributed by atoms with E-state index in [-0.39, 0.29) is 18.1 Å². The number of aromatic nitrogens is 2. The van der Waals surface area contributed by atoms with Crippen LogP contribution in [0.15, 0.2) is 70.6 Å². The summed E-state index contributed by atoms with van der Waals surface area (Å²) in [7, 11) is 0. The zero-order valence-corrected chi connectivity index (χ0v) is 16.3. The molecular formula is C22H18FN3O2S. The molecule has 0 radical (unpaired) electrons. The molecule has 1 N–H and O–H groups in total. The number of thiazole rings is 1. The van der Waals surface area contributed by atoms with Crippen molar-refractivity contribution in [3.8, 4) is 21.9 Å². The Balaban J connectivity index is 1.28. The standard InChI is InChI=1S/C22H18FN3O2S/c23-18-9-5-4-8-17(18)19-13-25-21(28-19)11-10-20(27)24-12-16-14-29-22(26-16)15-6-2-1-3-7-15/h1-9,13-14H,10-12H2,(H,24,27). The molecule has 0 fully saturated rings. The smallest absolute Gasteiger partial charge is 0.220 e. The number of benzene rings is 2. The average molecular weight is 407 g/mol. The van der Waals surface area contributed by atoms with Gasteiger partial charge in [-0.05, 0) is 12.1 Å². The zero-order chi connectivity index (χ0) is 20.1. The van der Waals surface area contributed by atoms with Crippen LogP contribution >= 0.6 is 11.3 Å². The maximum Gasteiger partial charge on any atom is 0.220 e. The molecule has 29 heavy (non-hydrogen) atoms. The van der Waals surface area contributed by atoms with Gasteiger partial charge in [-0.25, -0.2) is 14.4 Å². The SMILES string of the molecule is O=C(CCc1ncc(-c2ccccc2F)o1)NCc1csc(-c2ccccc2)n1. The van der Waals surface area contributed by atoms with Crippen LogP contribution in [0.1, 0.15) is 18.0 Å². The molecule has 4 aromatic rings. The summed E-state index contributed by atoms with van der Waals surface area (Å²) in [5.41, 5.74) is 2.23.